The molecule has 0 heterocycles. The minimum Gasteiger partial charge on any atom is -0.322 e. The molecule has 6 heteroatoms. The lowest BCUT2D eigenvalue weighted by Crippen LogP contribution is -2.29. The molecule has 1 aromatic rings. The lowest BCUT2D eigenvalue weighted by atomic mass is 10.3. The molecule has 0 saturated heterocycles. The summed E-state index contributed by atoms with van der Waals surface area (Å²) in [6, 6.07) is 5.00. The zero-order valence-corrected chi connectivity index (χ0v) is 11.2. The van der Waals surface area contributed by atoms with Crippen LogP contribution in [-0.2, 0) is 4.79 Å². The van der Waals surface area contributed by atoms with Crippen molar-refractivity contribution in [2.45, 2.75) is 0 Å². The van der Waals surface area contributed by atoms with Gasteiger partial charge in [-0.05, 0) is 12.1 Å². The zero-order valence-electron chi connectivity index (χ0n) is 8.90. The highest BCUT2D eigenvalue weighted by Crippen LogP contribution is 2.29. The molecule has 2 N–H and O–H groups in total. The highest BCUT2D eigenvalue weighted by molar-refractivity contribution is 6.39. The third kappa shape index (κ3) is 4.96. The van der Waals surface area contributed by atoms with Crippen LogP contribution in [0.1, 0.15) is 0 Å². The molecule has 0 bridgehead atoms. The van der Waals surface area contributed by atoms with E-state index in [0.29, 0.717) is 27.3 Å². The Morgan fingerprint density at radius 2 is 1.82 bits per heavy atom. The molecule has 0 fully saturated rings. The summed E-state index contributed by atoms with van der Waals surface area (Å²) in [5.41, 5.74) is 0.410. The van der Waals surface area contributed by atoms with Crippen LogP contribution < -0.4 is 10.6 Å². The number of anilines is 1. The van der Waals surface area contributed by atoms with Gasteiger partial charge in [0.1, 0.15) is 0 Å². The van der Waals surface area contributed by atoms with E-state index in [1.807, 2.05) is 0 Å². The molecule has 0 saturated carbocycles. The van der Waals surface area contributed by atoms with E-state index >= 15 is 0 Å². The maximum atomic E-state index is 11.5. The molecule has 0 aliphatic carbocycles. The van der Waals surface area contributed by atoms with E-state index in [1.54, 1.807) is 18.2 Å². The Labute approximate surface area is 115 Å². The van der Waals surface area contributed by atoms with Crippen molar-refractivity contribution in [3.8, 4) is 0 Å². The molecule has 1 amide bonds. The first-order valence-corrected chi connectivity index (χ1v) is 5.92. The lowest BCUT2D eigenvalue weighted by molar-refractivity contribution is -0.115. The molecule has 92 valence electrons. The van der Waals surface area contributed by atoms with Crippen molar-refractivity contribution in [2.75, 3.05) is 18.4 Å². The number of amides is 1. The Morgan fingerprint density at radius 1 is 1.24 bits per heavy atom. The van der Waals surface area contributed by atoms with Crippen molar-refractivity contribution < 1.29 is 4.79 Å². The van der Waals surface area contributed by atoms with E-state index < -0.39 is 0 Å². The van der Waals surface area contributed by atoms with Gasteiger partial charge in [-0.2, -0.15) is 0 Å². The van der Waals surface area contributed by atoms with Crippen LogP contribution in [0.4, 0.5) is 5.69 Å². The van der Waals surface area contributed by atoms with Gasteiger partial charge in [0.2, 0.25) is 5.91 Å². The van der Waals surface area contributed by atoms with E-state index in [4.69, 9.17) is 34.8 Å². The van der Waals surface area contributed by atoms with Crippen LogP contribution in [0.5, 0.6) is 0 Å². The first kappa shape index (κ1) is 14.3. The maximum absolute atomic E-state index is 11.5. The van der Waals surface area contributed by atoms with Crippen molar-refractivity contribution >= 4 is 46.4 Å². The number of hydrogen-bond acceptors (Lipinski definition) is 2. The number of carbonyl (C=O) groups is 1. The van der Waals surface area contributed by atoms with Gasteiger partial charge in [-0.25, -0.2) is 0 Å². The zero-order chi connectivity index (χ0) is 12.8. The van der Waals surface area contributed by atoms with Crippen molar-refractivity contribution in [2.24, 2.45) is 0 Å². The van der Waals surface area contributed by atoms with Gasteiger partial charge in [-0.1, -0.05) is 47.4 Å². The van der Waals surface area contributed by atoms with Crippen LogP contribution in [-0.4, -0.2) is 19.0 Å². The molecule has 0 radical (unpaired) electrons. The van der Waals surface area contributed by atoms with E-state index in [-0.39, 0.29) is 12.5 Å². The Hall–Kier alpha value is -0.740. The lowest BCUT2D eigenvalue weighted by Gasteiger charge is -2.09. The van der Waals surface area contributed by atoms with Crippen molar-refractivity contribution in [3.63, 3.8) is 0 Å². The van der Waals surface area contributed by atoms with E-state index in [1.165, 1.54) is 0 Å². The number of rotatable bonds is 5. The SMILES string of the molecule is C=C(Cl)CNCC(=O)Nc1c(Cl)cccc1Cl. The van der Waals surface area contributed by atoms with E-state index in [0.717, 1.165) is 0 Å². The van der Waals surface area contributed by atoms with Crippen LogP contribution in [0.2, 0.25) is 10.0 Å². The predicted molar refractivity (Wildman–Crippen MR) is 73.0 cm³/mol. The number of carbonyl (C=O) groups excluding carboxylic acids is 1. The standard InChI is InChI=1S/C11H11Cl3N2O/c1-7(12)5-15-6-10(17)16-11-8(13)3-2-4-9(11)14/h2-4,15H,1,5-6H2,(H,16,17). The second kappa shape index (κ2) is 6.87. The summed E-state index contributed by atoms with van der Waals surface area (Å²) < 4.78 is 0. The molecule has 0 aliphatic rings. The average Bonchev–Trinajstić information content (AvgIpc) is 2.23. The molecular weight excluding hydrogens is 282 g/mol. The number of hydrogen-bond donors (Lipinski definition) is 2. The summed E-state index contributed by atoms with van der Waals surface area (Å²) in [4.78, 5) is 11.5. The van der Waals surface area contributed by atoms with Crippen LogP contribution in [0, 0.1) is 0 Å². The van der Waals surface area contributed by atoms with Crippen LogP contribution in [0.25, 0.3) is 0 Å². The van der Waals surface area contributed by atoms with Gasteiger partial charge in [-0.15, -0.1) is 0 Å². The molecule has 0 aliphatic heterocycles. The van der Waals surface area contributed by atoms with E-state index in [2.05, 4.69) is 17.2 Å². The highest BCUT2D eigenvalue weighted by Gasteiger charge is 2.08. The maximum Gasteiger partial charge on any atom is 0.238 e. The van der Waals surface area contributed by atoms with E-state index in [9.17, 15) is 4.79 Å². The smallest absolute Gasteiger partial charge is 0.238 e. The molecule has 0 atom stereocenters. The summed E-state index contributed by atoms with van der Waals surface area (Å²) >= 11 is 17.3. The molecule has 0 spiro atoms. The Kier molecular flexibility index (Phi) is 5.78. The monoisotopic (exact) mass is 292 g/mol. The average molecular weight is 294 g/mol. The normalized spacial score (nSPS) is 10.1. The summed E-state index contributed by atoms with van der Waals surface area (Å²) in [5.74, 6) is -0.252. The first-order chi connectivity index (χ1) is 8.00. The minimum atomic E-state index is -0.252. The second-order valence-electron chi connectivity index (χ2n) is 3.27. The number of nitrogens with one attached hydrogen (secondary N) is 2. The Bertz CT molecular complexity index is 414. The van der Waals surface area contributed by atoms with Crippen LogP contribution in [0.3, 0.4) is 0 Å². The molecule has 0 aromatic heterocycles. The van der Waals surface area contributed by atoms with Crippen LogP contribution in [0.15, 0.2) is 29.8 Å². The summed E-state index contributed by atoms with van der Waals surface area (Å²) in [6.45, 7) is 3.96. The quantitative estimate of drug-likeness (QED) is 0.875. The Morgan fingerprint density at radius 3 is 2.35 bits per heavy atom. The molecule has 0 unspecified atom stereocenters. The molecule has 1 aromatic carbocycles. The molecular formula is C11H11Cl3N2O. The van der Waals surface area contributed by atoms with Gasteiger partial charge in [0.15, 0.2) is 0 Å². The molecule has 1 rings (SSSR count). The third-order valence-corrected chi connectivity index (χ3v) is 2.59. The molecule has 3 nitrogen and oxygen atoms in total. The van der Waals surface area contributed by atoms with Gasteiger partial charge >= 0.3 is 0 Å². The fourth-order valence-electron chi connectivity index (χ4n) is 1.11. The van der Waals surface area contributed by atoms with Crippen LogP contribution >= 0.6 is 34.8 Å². The topological polar surface area (TPSA) is 41.1 Å². The minimum absolute atomic E-state index is 0.104. The largest absolute Gasteiger partial charge is 0.322 e. The predicted octanol–water partition coefficient (Wildman–Crippen LogP) is 3.27. The fourth-order valence-corrected chi connectivity index (χ4v) is 1.70. The second-order valence-corrected chi connectivity index (χ2v) is 4.61. The van der Waals surface area contributed by atoms with Gasteiger partial charge < -0.3 is 10.6 Å². The third-order valence-electron chi connectivity index (χ3n) is 1.83. The highest BCUT2D eigenvalue weighted by atomic mass is 35.5. The number of halogens is 3. The summed E-state index contributed by atoms with van der Waals surface area (Å²) in [7, 11) is 0. The number of benzene rings is 1. The fraction of sp³-hybridized carbons (Fsp3) is 0.182. The Balaban J connectivity index is 2.53. The van der Waals surface area contributed by atoms with Crippen molar-refractivity contribution in [1.82, 2.24) is 5.32 Å². The van der Waals surface area contributed by atoms with Gasteiger partial charge in [-0.3, -0.25) is 4.79 Å². The van der Waals surface area contributed by atoms with Gasteiger partial charge in [0.05, 0.1) is 22.3 Å². The summed E-state index contributed by atoms with van der Waals surface area (Å²) in [6.07, 6.45) is 0. The molecule has 17 heavy (non-hydrogen) atoms. The van der Waals surface area contributed by atoms with Gasteiger partial charge in [0, 0.05) is 11.6 Å². The van der Waals surface area contributed by atoms with Gasteiger partial charge in [0.25, 0.3) is 0 Å². The van der Waals surface area contributed by atoms with Crippen molar-refractivity contribution in [3.05, 3.63) is 39.9 Å². The summed E-state index contributed by atoms with van der Waals surface area (Å²) in [5, 5.41) is 6.66. The van der Waals surface area contributed by atoms with Crippen molar-refractivity contribution in [1.29, 1.82) is 0 Å². The first-order valence-electron chi connectivity index (χ1n) is 4.78. The number of para-hydroxylation sites is 1.